The summed E-state index contributed by atoms with van der Waals surface area (Å²) in [5, 5.41) is 11.4. The van der Waals surface area contributed by atoms with Crippen molar-refractivity contribution in [2.45, 2.75) is 31.7 Å². The third kappa shape index (κ3) is 5.37. The van der Waals surface area contributed by atoms with Crippen molar-refractivity contribution in [1.29, 1.82) is 0 Å². The van der Waals surface area contributed by atoms with Gasteiger partial charge in [-0.15, -0.1) is 10.2 Å². The molecular weight excluding hydrogens is 478 g/mol. The van der Waals surface area contributed by atoms with Crippen molar-refractivity contribution in [2.75, 3.05) is 11.1 Å². The zero-order valence-corrected chi connectivity index (χ0v) is 18.6. The molecule has 158 valence electrons. The van der Waals surface area contributed by atoms with E-state index < -0.39 is 17.5 Å². The average molecular weight is 497 g/mol. The highest BCUT2D eigenvalue weighted by Crippen LogP contribution is 2.28. The number of anilines is 1. The minimum Gasteiger partial charge on any atom is -0.483 e. The van der Waals surface area contributed by atoms with Gasteiger partial charge in [0.25, 0.3) is 0 Å². The molecule has 3 aromatic rings. The van der Waals surface area contributed by atoms with Gasteiger partial charge in [-0.05, 0) is 48.0 Å². The normalized spacial score (nSPS) is 11.9. The smallest absolute Gasteiger partial charge is 0.234 e. The van der Waals surface area contributed by atoms with Crippen LogP contribution in [0.1, 0.15) is 25.8 Å². The molecule has 30 heavy (non-hydrogen) atoms. The summed E-state index contributed by atoms with van der Waals surface area (Å²) in [5.41, 5.74) is -0.107. The Morgan fingerprint density at radius 1 is 1.27 bits per heavy atom. The average Bonchev–Trinajstić information content (AvgIpc) is 3.13. The third-order valence-electron chi connectivity index (χ3n) is 4.09. The molecule has 0 saturated heterocycles. The summed E-state index contributed by atoms with van der Waals surface area (Å²) < 4.78 is 35.0. The highest BCUT2D eigenvalue weighted by atomic mass is 79.9. The molecular formula is C20H19BrF2N4O2S. The van der Waals surface area contributed by atoms with Crippen LogP contribution in [0.2, 0.25) is 0 Å². The van der Waals surface area contributed by atoms with Gasteiger partial charge in [0, 0.05) is 17.1 Å². The monoisotopic (exact) mass is 496 g/mol. The number of carbonyl (C=O) groups is 1. The molecule has 0 aliphatic heterocycles. The summed E-state index contributed by atoms with van der Waals surface area (Å²) in [5.74, 6) is -0.706. The van der Waals surface area contributed by atoms with Crippen molar-refractivity contribution in [3.63, 3.8) is 0 Å². The number of halogens is 3. The van der Waals surface area contributed by atoms with Crippen LogP contribution in [-0.2, 0) is 11.3 Å². The summed E-state index contributed by atoms with van der Waals surface area (Å²) in [6, 6.07) is 11.2. The molecule has 0 aliphatic carbocycles. The number of para-hydroxylation sites is 1. The second-order valence-corrected chi connectivity index (χ2v) is 8.04. The number of aromatic nitrogens is 3. The molecule has 3 rings (SSSR count). The lowest BCUT2D eigenvalue weighted by Gasteiger charge is -2.15. The Bertz CT molecular complexity index is 1010. The van der Waals surface area contributed by atoms with Crippen molar-refractivity contribution < 1.29 is 18.3 Å². The van der Waals surface area contributed by atoms with Crippen LogP contribution in [0.15, 0.2) is 52.1 Å². The molecule has 1 atom stereocenters. The maximum atomic E-state index is 13.9. The fourth-order valence-electron chi connectivity index (χ4n) is 2.73. The molecule has 0 spiro atoms. The molecule has 0 bridgehead atoms. The first kappa shape index (κ1) is 22.2. The number of rotatable bonds is 8. The summed E-state index contributed by atoms with van der Waals surface area (Å²) in [6.45, 7) is 4.41. The first-order chi connectivity index (χ1) is 14.4. The molecule has 1 N–H and O–H groups in total. The Kier molecular flexibility index (Phi) is 7.43. The minimum atomic E-state index is -0.855. The zero-order chi connectivity index (χ0) is 21.7. The van der Waals surface area contributed by atoms with Crippen LogP contribution in [0.25, 0.3) is 0 Å². The van der Waals surface area contributed by atoms with Crippen molar-refractivity contribution >= 4 is 39.3 Å². The second kappa shape index (κ2) is 10.0. The molecule has 0 radical (unpaired) electrons. The van der Waals surface area contributed by atoms with Gasteiger partial charge in [-0.2, -0.15) is 0 Å². The predicted octanol–water partition coefficient (Wildman–Crippen LogP) is 5.21. The fourth-order valence-corrected chi connectivity index (χ4v) is 4.04. The maximum absolute atomic E-state index is 13.9. The molecule has 1 heterocycles. The SMILES string of the molecule is CCn1c(SCC(=O)Nc2c(F)cc(F)cc2Br)nnc1[C@@H](C)Oc1ccccc1. The van der Waals surface area contributed by atoms with Crippen molar-refractivity contribution in [3.8, 4) is 5.75 Å². The lowest BCUT2D eigenvalue weighted by molar-refractivity contribution is -0.113. The molecule has 1 amide bonds. The van der Waals surface area contributed by atoms with Gasteiger partial charge >= 0.3 is 0 Å². The Hall–Kier alpha value is -2.46. The second-order valence-electron chi connectivity index (χ2n) is 6.24. The molecule has 1 aromatic heterocycles. The first-order valence-corrected chi connectivity index (χ1v) is 10.9. The summed E-state index contributed by atoms with van der Waals surface area (Å²) in [6.07, 6.45) is -0.340. The zero-order valence-electron chi connectivity index (χ0n) is 16.2. The summed E-state index contributed by atoms with van der Waals surface area (Å²) in [4.78, 5) is 12.3. The van der Waals surface area contributed by atoms with Crippen LogP contribution in [0.4, 0.5) is 14.5 Å². The number of nitrogens with one attached hydrogen (secondary N) is 1. The number of amides is 1. The van der Waals surface area contributed by atoms with E-state index in [0.29, 0.717) is 23.6 Å². The third-order valence-corrected chi connectivity index (χ3v) is 5.68. The molecule has 0 unspecified atom stereocenters. The van der Waals surface area contributed by atoms with E-state index in [-0.39, 0.29) is 22.0 Å². The molecule has 6 nitrogen and oxygen atoms in total. The highest BCUT2D eigenvalue weighted by Gasteiger charge is 2.20. The minimum absolute atomic E-state index is 0.0185. The van der Waals surface area contributed by atoms with Crippen molar-refractivity contribution in [1.82, 2.24) is 14.8 Å². The van der Waals surface area contributed by atoms with Gasteiger partial charge in [0.05, 0.1) is 11.4 Å². The fraction of sp³-hybridized carbons (Fsp3) is 0.250. The quantitative estimate of drug-likeness (QED) is 0.433. The van der Waals surface area contributed by atoms with Crippen molar-refractivity contribution in [2.24, 2.45) is 0 Å². The Morgan fingerprint density at radius 3 is 2.67 bits per heavy atom. The number of nitrogens with zero attached hydrogens (tertiary/aromatic N) is 3. The van der Waals surface area contributed by atoms with E-state index in [1.54, 1.807) is 0 Å². The van der Waals surface area contributed by atoms with Crippen molar-refractivity contribution in [3.05, 3.63) is 64.4 Å². The standard InChI is InChI=1S/C20H19BrF2N4O2S/c1-3-27-19(12(2)29-14-7-5-4-6-8-14)25-26-20(27)30-11-17(28)24-18-15(21)9-13(22)10-16(18)23/h4-10,12H,3,11H2,1-2H3,(H,24,28)/t12-/m1/s1. The number of carbonyl (C=O) groups excluding carboxylic acids is 1. The van der Waals surface area contributed by atoms with Gasteiger partial charge in [-0.1, -0.05) is 30.0 Å². The number of ether oxygens (including phenoxy) is 1. The summed E-state index contributed by atoms with van der Waals surface area (Å²) >= 11 is 4.22. The number of hydrogen-bond donors (Lipinski definition) is 1. The Morgan fingerprint density at radius 2 is 2.00 bits per heavy atom. The van der Waals surface area contributed by atoms with E-state index in [9.17, 15) is 13.6 Å². The van der Waals surface area contributed by atoms with Crippen LogP contribution in [0.3, 0.4) is 0 Å². The predicted molar refractivity (Wildman–Crippen MR) is 115 cm³/mol. The van der Waals surface area contributed by atoms with E-state index in [0.717, 1.165) is 11.8 Å². The van der Waals surface area contributed by atoms with E-state index >= 15 is 0 Å². The highest BCUT2D eigenvalue weighted by molar-refractivity contribution is 9.10. The molecule has 10 heteroatoms. The van der Waals surface area contributed by atoms with Gasteiger partial charge in [0.2, 0.25) is 5.91 Å². The van der Waals surface area contributed by atoms with Gasteiger partial charge in [-0.3, -0.25) is 4.79 Å². The van der Waals surface area contributed by atoms with E-state index in [1.165, 1.54) is 11.8 Å². The number of benzene rings is 2. The number of hydrogen-bond acceptors (Lipinski definition) is 5. The largest absolute Gasteiger partial charge is 0.483 e. The lowest BCUT2D eigenvalue weighted by Crippen LogP contribution is -2.16. The molecule has 2 aromatic carbocycles. The van der Waals surface area contributed by atoms with Crippen LogP contribution in [0, 0.1) is 11.6 Å². The maximum Gasteiger partial charge on any atom is 0.234 e. The summed E-state index contributed by atoms with van der Waals surface area (Å²) in [7, 11) is 0. The lowest BCUT2D eigenvalue weighted by atomic mass is 10.3. The van der Waals surface area contributed by atoms with Crippen LogP contribution >= 0.6 is 27.7 Å². The van der Waals surface area contributed by atoms with Crippen LogP contribution in [-0.4, -0.2) is 26.4 Å². The van der Waals surface area contributed by atoms with Gasteiger partial charge < -0.3 is 14.6 Å². The van der Waals surface area contributed by atoms with E-state index in [4.69, 9.17) is 4.74 Å². The van der Waals surface area contributed by atoms with E-state index in [2.05, 4.69) is 31.4 Å². The molecule has 0 fully saturated rings. The molecule has 0 aliphatic rings. The van der Waals surface area contributed by atoms with Gasteiger partial charge in [0.1, 0.15) is 11.6 Å². The van der Waals surface area contributed by atoms with Gasteiger partial charge in [0.15, 0.2) is 22.9 Å². The molecule has 0 saturated carbocycles. The van der Waals surface area contributed by atoms with Gasteiger partial charge in [-0.25, -0.2) is 8.78 Å². The first-order valence-electron chi connectivity index (χ1n) is 9.11. The van der Waals surface area contributed by atoms with Crippen LogP contribution in [0.5, 0.6) is 5.75 Å². The Balaban J connectivity index is 1.65. The van der Waals surface area contributed by atoms with Crippen LogP contribution < -0.4 is 10.1 Å². The Labute approximate surface area is 185 Å². The number of thioether (sulfide) groups is 1. The van der Waals surface area contributed by atoms with E-state index in [1.807, 2.05) is 48.7 Å². The topological polar surface area (TPSA) is 69.0 Å².